The first-order valence-electron chi connectivity index (χ1n) is 5.56. The van der Waals surface area contributed by atoms with Gasteiger partial charge in [-0.2, -0.15) is 0 Å². The quantitative estimate of drug-likeness (QED) is 0.669. The molecule has 1 aliphatic carbocycles. The maximum atomic E-state index is 4.44. The van der Waals surface area contributed by atoms with Crippen LogP contribution in [0.1, 0.15) is 24.3 Å². The average Bonchev–Trinajstić information content (AvgIpc) is 3.11. The minimum absolute atomic E-state index is 0.813. The lowest BCUT2D eigenvalue weighted by atomic mass is 9.71. The number of rotatable bonds is 2. The molecule has 1 aromatic carbocycles. The molecule has 0 spiro atoms. The highest BCUT2D eigenvalue weighted by Crippen LogP contribution is 2.40. The Balaban J connectivity index is 2.25. The maximum absolute atomic E-state index is 4.44. The molecule has 3 rings (SSSR count). The molecule has 1 aliphatic rings. The topological polar surface area (TPSA) is 12.9 Å². The van der Waals surface area contributed by atoms with Crippen molar-refractivity contribution in [3.63, 3.8) is 0 Å². The van der Waals surface area contributed by atoms with Crippen molar-refractivity contribution < 1.29 is 0 Å². The van der Waals surface area contributed by atoms with Gasteiger partial charge >= 0.3 is 0 Å². The molecular weight excluding hydrogens is 181 g/mol. The van der Waals surface area contributed by atoms with Crippen LogP contribution in [0, 0.1) is 0 Å². The Kier molecular flexibility index (Phi) is 2.01. The van der Waals surface area contributed by atoms with Gasteiger partial charge < -0.3 is 0 Å². The Morgan fingerprint density at radius 2 is 2.20 bits per heavy atom. The van der Waals surface area contributed by atoms with Crippen LogP contribution >= 0.6 is 0 Å². The summed E-state index contributed by atoms with van der Waals surface area (Å²) < 4.78 is 0. The van der Waals surface area contributed by atoms with Crippen LogP contribution in [0.5, 0.6) is 0 Å². The summed E-state index contributed by atoms with van der Waals surface area (Å²) in [5.41, 5.74) is 3.89. The van der Waals surface area contributed by atoms with Crippen molar-refractivity contribution in [2.45, 2.75) is 25.6 Å². The first-order valence-corrected chi connectivity index (χ1v) is 5.56. The van der Waals surface area contributed by atoms with Crippen LogP contribution in [0.2, 0.25) is 6.82 Å². The van der Waals surface area contributed by atoms with Gasteiger partial charge in [0.05, 0.1) is 5.52 Å². The van der Waals surface area contributed by atoms with Gasteiger partial charge in [-0.15, -0.1) is 0 Å². The average molecular weight is 194 g/mol. The van der Waals surface area contributed by atoms with E-state index in [0.717, 1.165) is 11.4 Å². The lowest BCUT2D eigenvalue weighted by Gasteiger charge is -2.06. The van der Waals surface area contributed by atoms with Crippen LogP contribution in [-0.2, 0) is 0 Å². The fourth-order valence-electron chi connectivity index (χ4n) is 2.12. The standard InChI is InChI=1S/C13H13BN/c1-14-12-8-11(9-4-5-9)7-10-3-2-6-15-13(10)12/h2-3,6-9H,4-5H2,1H3. The van der Waals surface area contributed by atoms with Crippen molar-refractivity contribution in [3.05, 3.63) is 36.0 Å². The Morgan fingerprint density at radius 3 is 2.93 bits per heavy atom. The fourth-order valence-corrected chi connectivity index (χ4v) is 2.12. The van der Waals surface area contributed by atoms with E-state index in [0.29, 0.717) is 0 Å². The number of aromatic nitrogens is 1. The van der Waals surface area contributed by atoms with Gasteiger partial charge in [0.2, 0.25) is 0 Å². The minimum Gasteiger partial charge on any atom is -0.257 e. The van der Waals surface area contributed by atoms with E-state index in [1.807, 2.05) is 12.3 Å². The molecule has 15 heavy (non-hydrogen) atoms. The number of hydrogen-bond acceptors (Lipinski definition) is 1. The number of benzene rings is 1. The zero-order valence-corrected chi connectivity index (χ0v) is 8.90. The highest BCUT2D eigenvalue weighted by atomic mass is 14.6. The van der Waals surface area contributed by atoms with Crippen molar-refractivity contribution in [1.29, 1.82) is 0 Å². The second-order valence-corrected chi connectivity index (χ2v) is 4.25. The van der Waals surface area contributed by atoms with Gasteiger partial charge in [0.25, 0.3) is 0 Å². The van der Waals surface area contributed by atoms with Crippen LogP contribution in [-0.4, -0.2) is 12.3 Å². The van der Waals surface area contributed by atoms with E-state index in [-0.39, 0.29) is 0 Å². The van der Waals surface area contributed by atoms with Crippen molar-refractivity contribution >= 4 is 23.6 Å². The Labute approximate surface area is 90.8 Å². The van der Waals surface area contributed by atoms with Gasteiger partial charge in [-0.25, -0.2) is 0 Å². The summed E-state index contributed by atoms with van der Waals surface area (Å²) in [6, 6.07) is 8.76. The maximum Gasteiger partial charge on any atom is 0.151 e. The third kappa shape index (κ3) is 1.54. The molecule has 1 radical (unpaired) electrons. The molecule has 1 saturated carbocycles. The summed E-state index contributed by atoms with van der Waals surface area (Å²) in [5, 5.41) is 1.27. The molecular formula is C13H13BN. The SMILES string of the molecule is C[B]c1cc(C2CC2)cc2cccnc12. The smallest absolute Gasteiger partial charge is 0.151 e. The van der Waals surface area contributed by atoms with E-state index in [9.17, 15) is 0 Å². The predicted molar refractivity (Wildman–Crippen MR) is 65.0 cm³/mol. The van der Waals surface area contributed by atoms with E-state index in [4.69, 9.17) is 0 Å². The summed E-state index contributed by atoms with van der Waals surface area (Å²) >= 11 is 0. The summed E-state index contributed by atoms with van der Waals surface area (Å²) in [6.07, 6.45) is 4.58. The molecule has 0 aliphatic heterocycles. The monoisotopic (exact) mass is 194 g/mol. The largest absolute Gasteiger partial charge is 0.257 e. The molecule has 0 amide bonds. The van der Waals surface area contributed by atoms with Gasteiger partial charge in [0.1, 0.15) is 0 Å². The summed E-state index contributed by atoms with van der Waals surface area (Å²) in [5.74, 6) is 0.813. The zero-order chi connectivity index (χ0) is 10.3. The van der Waals surface area contributed by atoms with Crippen molar-refractivity contribution in [2.75, 3.05) is 0 Å². The third-order valence-corrected chi connectivity index (χ3v) is 3.12. The van der Waals surface area contributed by atoms with Crippen molar-refractivity contribution in [1.82, 2.24) is 4.98 Å². The minimum atomic E-state index is 0.813. The van der Waals surface area contributed by atoms with Crippen LogP contribution in [0.3, 0.4) is 0 Å². The highest BCUT2D eigenvalue weighted by Gasteiger charge is 2.24. The van der Waals surface area contributed by atoms with Gasteiger partial charge in [-0.05, 0) is 41.8 Å². The second kappa shape index (κ2) is 3.37. The molecule has 0 unspecified atom stereocenters. The Hall–Kier alpha value is -1.31. The zero-order valence-electron chi connectivity index (χ0n) is 8.90. The van der Waals surface area contributed by atoms with Crippen LogP contribution in [0.4, 0.5) is 0 Å². The normalized spacial score (nSPS) is 15.5. The first kappa shape index (κ1) is 8.96. The molecule has 1 fully saturated rings. The van der Waals surface area contributed by atoms with Crippen LogP contribution in [0.25, 0.3) is 10.9 Å². The molecule has 0 atom stereocenters. The third-order valence-electron chi connectivity index (χ3n) is 3.12. The lowest BCUT2D eigenvalue weighted by Crippen LogP contribution is -2.13. The molecule has 1 aromatic heterocycles. The molecule has 0 saturated heterocycles. The molecule has 2 heteroatoms. The van der Waals surface area contributed by atoms with Gasteiger partial charge in [0.15, 0.2) is 7.28 Å². The number of hydrogen-bond donors (Lipinski definition) is 0. The van der Waals surface area contributed by atoms with Crippen molar-refractivity contribution in [3.8, 4) is 0 Å². The van der Waals surface area contributed by atoms with Gasteiger partial charge in [-0.3, -0.25) is 4.98 Å². The number of fused-ring (bicyclic) bond motifs is 1. The highest BCUT2D eigenvalue weighted by molar-refractivity contribution is 6.55. The Bertz CT molecular complexity index is 503. The number of pyridine rings is 1. The van der Waals surface area contributed by atoms with E-state index in [1.165, 1.54) is 29.3 Å². The molecule has 0 N–H and O–H groups in total. The lowest BCUT2D eigenvalue weighted by molar-refractivity contribution is 1.14. The second-order valence-electron chi connectivity index (χ2n) is 4.25. The predicted octanol–water partition coefficient (Wildman–Crippen LogP) is 2.49. The van der Waals surface area contributed by atoms with E-state index in [1.54, 1.807) is 0 Å². The van der Waals surface area contributed by atoms with Gasteiger partial charge in [-0.1, -0.05) is 24.4 Å². The summed E-state index contributed by atoms with van der Waals surface area (Å²) in [7, 11) is 2.15. The molecule has 1 nitrogen and oxygen atoms in total. The number of nitrogens with zero attached hydrogens (tertiary/aromatic N) is 1. The van der Waals surface area contributed by atoms with Crippen molar-refractivity contribution in [2.24, 2.45) is 0 Å². The van der Waals surface area contributed by atoms with Gasteiger partial charge in [0, 0.05) is 6.20 Å². The van der Waals surface area contributed by atoms with Crippen LogP contribution in [0.15, 0.2) is 30.5 Å². The summed E-state index contributed by atoms with van der Waals surface area (Å²) in [4.78, 5) is 4.44. The molecule has 2 aromatic rings. The molecule has 1 heterocycles. The van der Waals surface area contributed by atoms with E-state index >= 15 is 0 Å². The molecule has 0 bridgehead atoms. The van der Waals surface area contributed by atoms with E-state index in [2.05, 4.69) is 37.3 Å². The fraction of sp³-hybridized carbons (Fsp3) is 0.308. The Morgan fingerprint density at radius 1 is 1.33 bits per heavy atom. The van der Waals surface area contributed by atoms with E-state index < -0.39 is 0 Å². The van der Waals surface area contributed by atoms with Crippen LogP contribution < -0.4 is 5.46 Å². The summed E-state index contributed by atoms with van der Waals surface area (Å²) in [6.45, 7) is 2.08. The molecule has 73 valence electrons. The first-order chi connectivity index (χ1) is 7.38.